The van der Waals surface area contributed by atoms with E-state index in [0.717, 1.165) is 53.1 Å². The van der Waals surface area contributed by atoms with E-state index >= 15 is 0 Å². The van der Waals surface area contributed by atoms with Gasteiger partial charge in [0.25, 0.3) is 0 Å². The Morgan fingerprint density at radius 2 is 1.75 bits per heavy atom. The topological polar surface area (TPSA) is 75.4 Å². The fraction of sp³-hybridized carbons (Fsp3) is 0.304. The quantitative estimate of drug-likeness (QED) is 0.731. The summed E-state index contributed by atoms with van der Waals surface area (Å²) in [5, 5.41) is 14.5. The number of nitrogens with zero attached hydrogens (tertiary/aromatic N) is 1. The normalized spacial score (nSPS) is 18.2. The lowest BCUT2D eigenvalue weighted by Crippen LogP contribution is -2.39. The summed E-state index contributed by atoms with van der Waals surface area (Å²) in [5.74, 6) is 1.55. The van der Waals surface area contributed by atoms with Crippen molar-refractivity contribution in [3.63, 3.8) is 0 Å². The van der Waals surface area contributed by atoms with Gasteiger partial charge in [-0.05, 0) is 61.7 Å². The Morgan fingerprint density at radius 3 is 2.54 bits per heavy atom. The van der Waals surface area contributed by atoms with Crippen LogP contribution in [0.5, 0.6) is 0 Å². The van der Waals surface area contributed by atoms with Gasteiger partial charge in [-0.25, -0.2) is 0 Å². The molecule has 5 nitrogen and oxygen atoms in total. The van der Waals surface area contributed by atoms with Crippen LogP contribution in [0.25, 0.3) is 22.5 Å². The van der Waals surface area contributed by atoms with Gasteiger partial charge in [-0.15, -0.1) is 0 Å². The van der Waals surface area contributed by atoms with Crippen molar-refractivity contribution in [3.8, 4) is 22.5 Å². The fourth-order valence-corrected chi connectivity index (χ4v) is 4.26. The lowest BCUT2D eigenvalue weighted by Gasteiger charge is -2.30. The maximum atomic E-state index is 12.0. The van der Waals surface area contributed by atoms with Gasteiger partial charge in [-0.2, -0.15) is 0 Å². The van der Waals surface area contributed by atoms with Crippen LogP contribution in [0.3, 0.4) is 0 Å². The van der Waals surface area contributed by atoms with Crippen molar-refractivity contribution >= 4 is 5.78 Å². The second-order valence-corrected chi connectivity index (χ2v) is 7.67. The Labute approximate surface area is 163 Å². The minimum atomic E-state index is -0.960. The van der Waals surface area contributed by atoms with E-state index in [1.807, 2.05) is 30.3 Å². The number of furan rings is 1. The Kier molecular flexibility index (Phi) is 4.14. The van der Waals surface area contributed by atoms with E-state index in [4.69, 9.17) is 4.42 Å². The number of carbonyl (C=O) groups excluding carboxylic acids is 1. The zero-order chi connectivity index (χ0) is 19.1. The number of rotatable bonds is 3. The summed E-state index contributed by atoms with van der Waals surface area (Å²) in [7, 11) is 0. The van der Waals surface area contributed by atoms with Gasteiger partial charge in [0.05, 0.1) is 0 Å². The van der Waals surface area contributed by atoms with Gasteiger partial charge in [-0.3, -0.25) is 9.78 Å². The number of piperidine rings is 1. The van der Waals surface area contributed by atoms with Gasteiger partial charge in [0.15, 0.2) is 5.78 Å². The highest BCUT2D eigenvalue weighted by molar-refractivity contribution is 6.01. The van der Waals surface area contributed by atoms with E-state index in [9.17, 15) is 9.90 Å². The van der Waals surface area contributed by atoms with E-state index in [2.05, 4.69) is 16.4 Å². The maximum Gasteiger partial charge on any atom is 0.163 e. The average Bonchev–Trinajstić information content (AvgIpc) is 3.34. The number of ketones is 1. The zero-order valence-corrected chi connectivity index (χ0v) is 15.6. The van der Waals surface area contributed by atoms with E-state index in [1.165, 1.54) is 0 Å². The molecule has 0 unspecified atom stereocenters. The number of carbonyl (C=O) groups is 1. The van der Waals surface area contributed by atoms with E-state index in [-0.39, 0.29) is 5.78 Å². The molecule has 0 amide bonds. The second kappa shape index (κ2) is 6.69. The molecule has 2 aliphatic rings. The predicted octanol–water partition coefficient (Wildman–Crippen LogP) is 3.71. The number of aromatic nitrogens is 1. The summed E-state index contributed by atoms with van der Waals surface area (Å²) < 4.78 is 6.27. The van der Waals surface area contributed by atoms with Crippen molar-refractivity contribution in [1.82, 2.24) is 10.3 Å². The molecular formula is C23H22N2O3. The molecule has 0 bridgehead atoms. The molecule has 5 rings (SSSR count). The first kappa shape index (κ1) is 17.3. The third-order valence-electron chi connectivity index (χ3n) is 5.90. The van der Waals surface area contributed by atoms with Gasteiger partial charge < -0.3 is 14.8 Å². The lowest BCUT2D eigenvalue weighted by atomic mass is 9.89. The van der Waals surface area contributed by atoms with Crippen LogP contribution < -0.4 is 5.32 Å². The van der Waals surface area contributed by atoms with Crippen LogP contribution in [-0.2, 0) is 12.0 Å². The molecule has 1 fully saturated rings. The van der Waals surface area contributed by atoms with Crippen LogP contribution >= 0.6 is 0 Å². The number of hydrogen-bond donors (Lipinski definition) is 2. The standard InChI is InChI=1S/C23H22N2O3/c26-20-4-2-16-13-17(1-3-18(16)20)19-14-21(23(27)7-11-25-12-8-23)28-22(19)15-5-9-24-10-6-15/h1,3,5-6,9-10,13-14,25,27H,2,4,7-8,11-12H2. The van der Waals surface area contributed by atoms with E-state index < -0.39 is 5.60 Å². The number of aryl methyl sites for hydroxylation is 1. The first-order valence-corrected chi connectivity index (χ1v) is 9.78. The molecule has 1 aliphatic carbocycles. The van der Waals surface area contributed by atoms with Crippen LogP contribution in [-0.4, -0.2) is 29.0 Å². The SMILES string of the molecule is O=C1CCc2cc(-c3cc(C4(O)CCNCC4)oc3-c3ccncc3)ccc21. The molecule has 0 radical (unpaired) electrons. The maximum absolute atomic E-state index is 12.0. The van der Waals surface area contributed by atoms with Crippen molar-refractivity contribution in [1.29, 1.82) is 0 Å². The molecule has 2 aromatic heterocycles. The summed E-state index contributed by atoms with van der Waals surface area (Å²) in [6.07, 6.45) is 6.08. The summed E-state index contributed by atoms with van der Waals surface area (Å²) in [6.45, 7) is 1.52. The molecule has 28 heavy (non-hydrogen) atoms. The van der Waals surface area contributed by atoms with E-state index in [0.29, 0.717) is 25.0 Å². The molecule has 1 aromatic carbocycles. The van der Waals surface area contributed by atoms with Crippen LogP contribution in [0.1, 0.15) is 40.9 Å². The first-order valence-electron chi connectivity index (χ1n) is 9.78. The van der Waals surface area contributed by atoms with E-state index in [1.54, 1.807) is 12.4 Å². The molecule has 1 aliphatic heterocycles. The van der Waals surface area contributed by atoms with Crippen LogP contribution in [0.2, 0.25) is 0 Å². The van der Waals surface area contributed by atoms with Gasteiger partial charge in [0, 0.05) is 35.5 Å². The van der Waals surface area contributed by atoms with Gasteiger partial charge in [-0.1, -0.05) is 18.2 Å². The lowest BCUT2D eigenvalue weighted by molar-refractivity contribution is -0.0132. The van der Waals surface area contributed by atoms with Crippen molar-refractivity contribution in [2.24, 2.45) is 0 Å². The molecule has 0 spiro atoms. The van der Waals surface area contributed by atoms with Gasteiger partial charge in [0.1, 0.15) is 17.1 Å². The molecule has 0 atom stereocenters. The highest BCUT2D eigenvalue weighted by Crippen LogP contribution is 2.42. The second-order valence-electron chi connectivity index (χ2n) is 7.67. The van der Waals surface area contributed by atoms with Crippen LogP contribution in [0.4, 0.5) is 0 Å². The molecule has 0 saturated carbocycles. The highest BCUT2D eigenvalue weighted by atomic mass is 16.4. The number of pyridine rings is 1. The molecular weight excluding hydrogens is 352 g/mol. The smallest absolute Gasteiger partial charge is 0.163 e. The highest BCUT2D eigenvalue weighted by Gasteiger charge is 2.36. The summed E-state index contributed by atoms with van der Waals surface area (Å²) >= 11 is 0. The number of fused-ring (bicyclic) bond motifs is 1. The van der Waals surface area contributed by atoms with Crippen molar-refractivity contribution in [2.45, 2.75) is 31.3 Å². The van der Waals surface area contributed by atoms with Gasteiger partial charge >= 0.3 is 0 Å². The number of Topliss-reactive ketones (excluding diaryl/α,β-unsaturated/α-hetero) is 1. The number of aliphatic hydroxyl groups is 1. The Balaban J connectivity index is 1.65. The zero-order valence-electron chi connectivity index (χ0n) is 15.6. The Bertz CT molecular complexity index is 1030. The van der Waals surface area contributed by atoms with Crippen molar-refractivity contribution in [3.05, 3.63) is 65.7 Å². The number of hydrogen-bond acceptors (Lipinski definition) is 5. The molecule has 3 aromatic rings. The Morgan fingerprint density at radius 1 is 0.964 bits per heavy atom. The molecule has 142 valence electrons. The molecule has 5 heteroatoms. The fourth-order valence-electron chi connectivity index (χ4n) is 4.26. The molecule has 2 N–H and O–H groups in total. The summed E-state index contributed by atoms with van der Waals surface area (Å²) in [4.78, 5) is 16.1. The van der Waals surface area contributed by atoms with Gasteiger partial charge in [0.2, 0.25) is 0 Å². The molecule has 3 heterocycles. The monoisotopic (exact) mass is 374 g/mol. The Hall–Kier alpha value is -2.76. The minimum absolute atomic E-state index is 0.216. The number of benzene rings is 1. The van der Waals surface area contributed by atoms with Crippen molar-refractivity contribution < 1.29 is 14.3 Å². The number of nitrogens with one attached hydrogen (secondary N) is 1. The minimum Gasteiger partial charge on any atom is -0.457 e. The largest absolute Gasteiger partial charge is 0.457 e. The van der Waals surface area contributed by atoms with Crippen LogP contribution in [0, 0.1) is 0 Å². The average molecular weight is 374 g/mol. The first-order chi connectivity index (χ1) is 13.6. The molecule has 1 saturated heterocycles. The van der Waals surface area contributed by atoms with Crippen molar-refractivity contribution in [2.75, 3.05) is 13.1 Å². The third kappa shape index (κ3) is 2.87. The van der Waals surface area contributed by atoms with Crippen LogP contribution in [0.15, 0.2) is 53.2 Å². The predicted molar refractivity (Wildman–Crippen MR) is 106 cm³/mol. The summed E-state index contributed by atoms with van der Waals surface area (Å²) in [6, 6.07) is 11.8. The summed E-state index contributed by atoms with van der Waals surface area (Å²) in [5.41, 5.74) is 3.83. The third-order valence-corrected chi connectivity index (χ3v) is 5.90.